The Morgan fingerprint density at radius 2 is 1.54 bits per heavy atom. The van der Waals surface area contributed by atoms with Crippen molar-refractivity contribution in [3.63, 3.8) is 0 Å². The van der Waals surface area contributed by atoms with Crippen LogP contribution in [-0.4, -0.2) is 12.5 Å². The minimum Gasteiger partial charge on any atom is -0.487 e. The van der Waals surface area contributed by atoms with Crippen molar-refractivity contribution in [1.29, 1.82) is 0 Å². The summed E-state index contributed by atoms with van der Waals surface area (Å²) in [4.78, 5) is 12.2. The topological polar surface area (TPSA) is 47.6 Å². The Morgan fingerprint density at radius 3 is 2.31 bits per heavy atom. The van der Waals surface area contributed by atoms with Crippen LogP contribution in [0.1, 0.15) is 5.56 Å². The Kier molecular flexibility index (Phi) is 6.28. The molecule has 5 heteroatoms. The van der Waals surface area contributed by atoms with Crippen molar-refractivity contribution in [3.8, 4) is 11.5 Å². The Labute approximate surface area is 160 Å². The molecule has 3 aromatic carbocycles. The largest absolute Gasteiger partial charge is 0.487 e. The van der Waals surface area contributed by atoms with Gasteiger partial charge in [0.1, 0.15) is 18.1 Å². The maximum Gasteiger partial charge on any atom is 0.262 e. The molecule has 0 unspecified atom stereocenters. The molecule has 3 rings (SSSR count). The van der Waals surface area contributed by atoms with Gasteiger partial charge in [0.05, 0.1) is 5.69 Å². The van der Waals surface area contributed by atoms with Crippen LogP contribution in [0.25, 0.3) is 0 Å². The fourth-order valence-electron chi connectivity index (χ4n) is 2.30. The van der Waals surface area contributed by atoms with Gasteiger partial charge in [-0.05, 0) is 42.0 Å². The van der Waals surface area contributed by atoms with E-state index in [2.05, 4.69) is 21.2 Å². The summed E-state index contributed by atoms with van der Waals surface area (Å²) in [6.45, 7) is 0.359. The van der Waals surface area contributed by atoms with Crippen LogP contribution in [0.5, 0.6) is 11.5 Å². The highest BCUT2D eigenvalue weighted by Gasteiger charge is 2.09. The lowest BCUT2D eigenvalue weighted by molar-refractivity contribution is -0.118. The van der Waals surface area contributed by atoms with E-state index in [0.29, 0.717) is 23.8 Å². The summed E-state index contributed by atoms with van der Waals surface area (Å²) in [7, 11) is 0. The maximum absolute atomic E-state index is 12.2. The number of rotatable bonds is 7. The monoisotopic (exact) mass is 411 g/mol. The van der Waals surface area contributed by atoms with Crippen LogP contribution in [0, 0.1) is 0 Å². The Hall–Kier alpha value is -2.79. The quantitative estimate of drug-likeness (QED) is 0.591. The zero-order valence-corrected chi connectivity index (χ0v) is 15.6. The number of halogens is 1. The van der Waals surface area contributed by atoms with Crippen molar-refractivity contribution in [2.45, 2.75) is 6.61 Å². The minimum absolute atomic E-state index is 0.0748. The number of hydrogen-bond donors (Lipinski definition) is 1. The lowest BCUT2D eigenvalue weighted by atomic mass is 10.2. The van der Waals surface area contributed by atoms with Gasteiger partial charge in [-0.1, -0.05) is 58.4 Å². The van der Waals surface area contributed by atoms with Gasteiger partial charge in [0.25, 0.3) is 5.91 Å². The summed E-state index contributed by atoms with van der Waals surface area (Å²) in [6.07, 6.45) is 0. The molecule has 0 atom stereocenters. The van der Waals surface area contributed by atoms with Gasteiger partial charge in [0, 0.05) is 4.47 Å². The highest BCUT2D eigenvalue weighted by molar-refractivity contribution is 9.10. The third-order valence-electron chi connectivity index (χ3n) is 3.58. The number of anilines is 1. The van der Waals surface area contributed by atoms with E-state index in [0.717, 1.165) is 10.0 Å². The zero-order valence-electron chi connectivity index (χ0n) is 14.0. The maximum atomic E-state index is 12.2. The fourth-order valence-corrected chi connectivity index (χ4v) is 2.56. The van der Waals surface area contributed by atoms with Crippen LogP contribution < -0.4 is 14.8 Å². The molecule has 0 bridgehead atoms. The lowest BCUT2D eigenvalue weighted by Crippen LogP contribution is -2.20. The molecule has 0 spiro atoms. The number of para-hydroxylation sites is 2. The molecule has 0 saturated heterocycles. The molecule has 3 aromatic rings. The number of hydrogen-bond acceptors (Lipinski definition) is 3. The van der Waals surface area contributed by atoms with Crippen molar-refractivity contribution < 1.29 is 14.3 Å². The Balaban J connectivity index is 1.56. The Morgan fingerprint density at radius 1 is 0.846 bits per heavy atom. The molecule has 0 fully saturated rings. The average molecular weight is 412 g/mol. The smallest absolute Gasteiger partial charge is 0.262 e. The molecule has 0 aliphatic heterocycles. The van der Waals surface area contributed by atoms with Crippen molar-refractivity contribution >= 4 is 27.5 Å². The second-order valence-corrected chi connectivity index (χ2v) is 6.48. The summed E-state index contributed by atoms with van der Waals surface area (Å²) in [5.74, 6) is 1.01. The molecular weight excluding hydrogens is 394 g/mol. The predicted octanol–water partition coefficient (Wildman–Crippen LogP) is 5.05. The molecule has 0 radical (unpaired) electrons. The molecule has 26 heavy (non-hydrogen) atoms. The molecule has 0 aliphatic rings. The summed E-state index contributed by atoms with van der Waals surface area (Å²) >= 11 is 3.36. The molecule has 132 valence electrons. The van der Waals surface area contributed by atoms with E-state index in [1.807, 2.05) is 60.7 Å². The summed E-state index contributed by atoms with van der Waals surface area (Å²) in [6, 6.07) is 24.5. The van der Waals surface area contributed by atoms with Crippen LogP contribution in [0.2, 0.25) is 0 Å². The fraction of sp³-hybridized carbons (Fsp3) is 0.0952. The average Bonchev–Trinajstić information content (AvgIpc) is 2.68. The molecular formula is C21H18BrNO3. The summed E-state index contributed by atoms with van der Waals surface area (Å²) in [5, 5.41) is 2.83. The second kappa shape index (κ2) is 9.06. The lowest BCUT2D eigenvalue weighted by Gasteiger charge is -2.13. The number of nitrogens with one attached hydrogen (secondary N) is 1. The van der Waals surface area contributed by atoms with Crippen molar-refractivity contribution in [1.82, 2.24) is 0 Å². The van der Waals surface area contributed by atoms with E-state index in [4.69, 9.17) is 9.47 Å². The van der Waals surface area contributed by atoms with Gasteiger partial charge in [-0.3, -0.25) is 4.79 Å². The molecule has 1 N–H and O–H groups in total. The van der Waals surface area contributed by atoms with Gasteiger partial charge >= 0.3 is 0 Å². The molecule has 0 aliphatic carbocycles. The molecule has 0 saturated carbocycles. The second-order valence-electron chi connectivity index (χ2n) is 5.56. The van der Waals surface area contributed by atoms with E-state index < -0.39 is 0 Å². The van der Waals surface area contributed by atoms with Gasteiger partial charge in [0.2, 0.25) is 0 Å². The molecule has 0 heterocycles. The van der Waals surface area contributed by atoms with E-state index >= 15 is 0 Å². The van der Waals surface area contributed by atoms with Gasteiger partial charge in [-0.2, -0.15) is 0 Å². The first-order chi connectivity index (χ1) is 12.7. The van der Waals surface area contributed by atoms with E-state index in [-0.39, 0.29) is 12.5 Å². The number of carbonyl (C=O) groups excluding carboxylic acids is 1. The minimum atomic E-state index is -0.247. The highest BCUT2D eigenvalue weighted by Crippen LogP contribution is 2.25. The third kappa shape index (κ3) is 5.36. The molecule has 0 aromatic heterocycles. The van der Waals surface area contributed by atoms with Crippen LogP contribution in [0.15, 0.2) is 83.3 Å². The van der Waals surface area contributed by atoms with E-state index in [1.165, 1.54) is 0 Å². The number of ether oxygens (including phenoxy) is 2. The van der Waals surface area contributed by atoms with E-state index in [1.54, 1.807) is 18.2 Å². The van der Waals surface area contributed by atoms with Gasteiger partial charge < -0.3 is 14.8 Å². The third-order valence-corrected chi connectivity index (χ3v) is 4.11. The number of carbonyl (C=O) groups is 1. The van der Waals surface area contributed by atoms with Crippen molar-refractivity contribution in [2.24, 2.45) is 0 Å². The SMILES string of the molecule is O=C(COc1ccc(Br)cc1)Nc1ccccc1OCc1ccccc1. The Bertz CT molecular complexity index is 851. The van der Waals surface area contributed by atoms with Gasteiger partial charge in [-0.15, -0.1) is 0 Å². The standard InChI is InChI=1S/C21H18BrNO3/c22-17-10-12-18(13-11-17)25-15-21(24)23-19-8-4-5-9-20(19)26-14-16-6-2-1-3-7-16/h1-13H,14-15H2,(H,23,24). The van der Waals surface area contributed by atoms with Crippen molar-refractivity contribution in [2.75, 3.05) is 11.9 Å². The normalized spacial score (nSPS) is 10.2. The zero-order chi connectivity index (χ0) is 18.2. The van der Waals surface area contributed by atoms with Gasteiger partial charge in [0.15, 0.2) is 6.61 Å². The molecule has 1 amide bonds. The number of benzene rings is 3. The highest BCUT2D eigenvalue weighted by atomic mass is 79.9. The van der Waals surface area contributed by atoms with E-state index in [9.17, 15) is 4.79 Å². The summed E-state index contributed by atoms with van der Waals surface area (Å²) in [5.41, 5.74) is 1.68. The van der Waals surface area contributed by atoms with Crippen molar-refractivity contribution in [3.05, 3.63) is 88.9 Å². The number of amides is 1. The van der Waals surface area contributed by atoms with Crippen LogP contribution >= 0.6 is 15.9 Å². The molecule has 4 nitrogen and oxygen atoms in total. The summed E-state index contributed by atoms with van der Waals surface area (Å²) < 4.78 is 12.3. The first kappa shape index (κ1) is 18.0. The van der Waals surface area contributed by atoms with Gasteiger partial charge in [-0.25, -0.2) is 0 Å². The predicted molar refractivity (Wildman–Crippen MR) is 105 cm³/mol. The first-order valence-electron chi connectivity index (χ1n) is 8.15. The van der Waals surface area contributed by atoms with Crippen LogP contribution in [0.3, 0.4) is 0 Å². The van der Waals surface area contributed by atoms with Crippen LogP contribution in [0.4, 0.5) is 5.69 Å². The van der Waals surface area contributed by atoms with Crippen LogP contribution in [-0.2, 0) is 11.4 Å². The first-order valence-corrected chi connectivity index (χ1v) is 8.94.